The van der Waals surface area contributed by atoms with Crippen molar-refractivity contribution in [1.29, 1.82) is 0 Å². The van der Waals surface area contributed by atoms with Crippen molar-refractivity contribution in [3.63, 3.8) is 0 Å². The number of hydrogen-bond acceptors (Lipinski definition) is 6. The third kappa shape index (κ3) is 11.8. The molecule has 0 radical (unpaired) electrons. The molecule has 0 saturated heterocycles. The summed E-state index contributed by atoms with van der Waals surface area (Å²) in [5, 5.41) is 5.68. The van der Waals surface area contributed by atoms with Crippen molar-refractivity contribution in [2.45, 2.75) is 110 Å². The van der Waals surface area contributed by atoms with Crippen LogP contribution >= 0.6 is 0 Å². The number of terminal acetylenes is 1. The Balaban J connectivity index is 2.18. The van der Waals surface area contributed by atoms with E-state index in [1.165, 1.54) is 4.90 Å². The zero-order chi connectivity index (χ0) is 37.3. The maximum Gasteiger partial charge on any atom is 0.408 e. The number of hydrogen-bond donors (Lipinski definition) is 2. The highest BCUT2D eigenvalue weighted by atomic mass is 16.6. The number of rotatable bonds is 11. The molecule has 0 bridgehead atoms. The summed E-state index contributed by atoms with van der Waals surface area (Å²) in [7, 11) is 0. The molecule has 9 heteroatoms. The van der Waals surface area contributed by atoms with Gasteiger partial charge in [0.2, 0.25) is 11.8 Å². The molecule has 3 aromatic rings. The topological polar surface area (TPSA) is 114 Å². The summed E-state index contributed by atoms with van der Waals surface area (Å²) >= 11 is 0. The van der Waals surface area contributed by atoms with E-state index in [1.807, 2.05) is 60.7 Å². The molecule has 0 heterocycles. The van der Waals surface area contributed by atoms with Crippen LogP contribution in [0.4, 0.5) is 4.79 Å². The van der Waals surface area contributed by atoms with Gasteiger partial charge in [0.15, 0.2) is 0 Å². The van der Waals surface area contributed by atoms with E-state index in [0.717, 1.165) is 11.1 Å². The van der Waals surface area contributed by atoms with Gasteiger partial charge in [-0.15, -0.1) is 6.42 Å². The first-order valence-electron chi connectivity index (χ1n) is 16.8. The third-order valence-electron chi connectivity index (χ3n) is 7.44. The Bertz CT molecular complexity index is 1660. The van der Waals surface area contributed by atoms with Crippen LogP contribution in [0.15, 0.2) is 84.9 Å². The van der Waals surface area contributed by atoms with E-state index < -0.39 is 58.7 Å². The minimum absolute atomic E-state index is 0.116. The lowest BCUT2D eigenvalue weighted by Gasteiger charge is -2.43. The van der Waals surface area contributed by atoms with Gasteiger partial charge < -0.3 is 25.0 Å². The van der Waals surface area contributed by atoms with E-state index in [2.05, 4.69) is 16.6 Å². The van der Waals surface area contributed by atoms with Gasteiger partial charge in [0.25, 0.3) is 0 Å². The van der Waals surface area contributed by atoms with Gasteiger partial charge in [0, 0.05) is 23.9 Å². The number of ether oxygens (including phenoxy) is 2. The highest BCUT2D eigenvalue weighted by molar-refractivity contribution is 5.95. The molecule has 0 spiro atoms. The van der Waals surface area contributed by atoms with Gasteiger partial charge in [-0.2, -0.15) is 0 Å². The number of nitrogens with one attached hydrogen (secondary N) is 2. The SMILES string of the molecule is C#Cc1ccccc1C(C(=O)NC(Cc1ccccc1)C(=O)OC(C)(C)C)N(C(=O)C(Cc1ccccc1)NC(=O)OC(C)(C)C)C(C)(C)C. The first kappa shape index (κ1) is 39.3. The Morgan fingerprint density at radius 2 is 1.16 bits per heavy atom. The van der Waals surface area contributed by atoms with Gasteiger partial charge in [-0.1, -0.05) is 84.8 Å². The highest BCUT2D eigenvalue weighted by Gasteiger charge is 2.43. The quantitative estimate of drug-likeness (QED) is 0.176. The summed E-state index contributed by atoms with van der Waals surface area (Å²) in [6.45, 7) is 15.8. The third-order valence-corrected chi connectivity index (χ3v) is 7.44. The van der Waals surface area contributed by atoms with E-state index >= 15 is 0 Å². The highest BCUT2D eigenvalue weighted by Crippen LogP contribution is 2.32. The number of alkyl carbamates (subject to hydrolysis) is 1. The fourth-order valence-electron chi connectivity index (χ4n) is 5.44. The van der Waals surface area contributed by atoms with Gasteiger partial charge in [0.1, 0.15) is 29.3 Å². The maximum absolute atomic E-state index is 14.9. The summed E-state index contributed by atoms with van der Waals surface area (Å²) < 4.78 is 11.3. The molecule has 266 valence electrons. The minimum atomic E-state index is -1.31. The Kier molecular flexibility index (Phi) is 13.0. The molecule has 0 aliphatic heterocycles. The number of benzene rings is 3. The average Bonchev–Trinajstić information content (AvgIpc) is 3.01. The standard InChI is InChI=1S/C41H51N3O6/c1-11-30-24-18-19-25-31(30)34(35(45)42-33(37(47)49-40(5,6)7)27-29-22-16-13-17-23-29)44(39(2,3)4)36(46)32(26-28-20-14-12-15-21-28)43-38(48)50-41(8,9)10/h1,12-25,32-34H,26-27H2,2-10H3,(H,42,45)(H,43,48). The van der Waals surface area contributed by atoms with E-state index in [9.17, 15) is 19.2 Å². The number of esters is 1. The van der Waals surface area contributed by atoms with Crippen LogP contribution in [-0.4, -0.2) is 57.6 Å². The molecule has 3 atom stereocenters. The Morgan fingerprint density at radius 1 is 0.680 bits per heavy atom. The molecule has 0 aromatic heterocycles. The molecule has 3 rings (SSSR count). The molecular weight excluding hydrogens is 630 g/mol. The van der Waals surface area contributed by atoms with Crippen LogP contribution < -0.4 is 10.6 Å². The van der Waals surface area contributed by atoms with Crippen molar-refractivity contribution in [3.05, 3.63) is 107 Å². The van der Waals surface area contributed by atoms with Crippen LogP contribution in [0.3, 0.4) is 0 Å². The molecule has 3 unspecified atom stereocenters. The number of carbonyl (C=O) groups excluding carboxylic acids is 4. The molecule has 3 amide bonds. The van der Waals surface area contributed by atoms with E-state index in [4.69, 9.17) is 15.9 Å². The second kappa shape index (κ2) is 16.5. The molecule has 50 heavy (non-hydrogen) atoms. The summed E-state index contributed by atoms with van der Waals surface area (Å²) in [5.74, 6) is 0.841. The van der Waals surface area contributed by atoms with Crippen molar-refractivity contribution >= 4 is 23.9 Å². The maximum atomic E-state index is 14.9. The minimum Gasteiger partial charge on any atom is -0.458 e. The van der Waals surface area contributed by atoms with Gasteiger partial charge in [-0.3, -0.25) is 9.59 Å². The van der Waals surface area contributed by atoms with Crippen LogP contribution in [0.1, 0.15) is 90.6 Å². The molecule has 0 saturated carbocycles. The van der Waals surface area contributed by atoms with Crippen molar-refractivity contribution < 1.29 is 28.7 Å². The average molecular weight is 682 g/mol. The van der Waals surface area contributed by atoms with E-state index in [1.54, 1.807) is 86.6 Å². The molecule has 0 fully saturated rings. The summed E-state index contributed by atoms with van der Waals surface area (Å²) in [5.41, 5.74) is -0.270. The molecular formula is C41H51N3O6. The summed E-state index contributed by atoms with van der Waals surface area (Å²) in [6, 6.07) is 21.8. The molecule has 0 aliphatic rings. The van der Waals surface area contributed by atoms with Crippen molar-refractivity contribution in [3.8, 4) is 12.3 Å². The molecule has 0 aliphatic carbocycles. The Hall–Kier alpha value is -5.10. The summed E-state index contributed by atoms with van der Waals surface area (Å²) in [4.78, 5) is 57.9. The van der Waals surface area contributed by atoms with Crippen LogP contribution in [0.5, 0.6) is 0 Å². The van der Waals surface area contributed by atoms with Crippen molar-refractivity contribution in [1.82, 2.24) is 15.5 Å². The number of carbonyl (C=O) groups is 4. The Morgan fingerprint density at radius 3 is 1.64 bits per heavy atom. The normalized spacial score (nSPS) is 13.5. The summed E-state index contributed by atoms with van der Waals surface area (Å²) in [6.07, 6.45) is 5.43. The lowest BCUT2D eigenvalue weighted by atomic mass is 9.91. The second-order valence-electron chi connectivity index (χ2n) is 15.2. The van der Waals surface area contributed by atoms with Crippen LogP contribution in [0.25, 0.3) is 0 Å². The predicted molar refractivity (Wildman–Crippen MR) is 195 cm³/mol. The van der Waals surface area contributed by atoms with Crippen LogP contribution in [0.2, 0.25) is 0 Å². The lowest BCUT2D eigenvalue weighted by molar-refractivity contribution is -0.159. The smallest absolute Gasteiger partial charge is 0.408 e. The predicted octanol–water partition coefficient (Wildman–Crippen LogP) is 6.54. The van der Waals surface area contributed by atoms with Crippen LogP contribution in [0, 0.1) is 12.3 Å². The van der Waals surface area contributed by atoms with Gasteiger partial charge in [-0.25, -0.2) is 9.59 Å². The van der Waals surface area contributed by atoms with E-state index in [0.29, 0.717) is 11.1 Å². The zero-order valence-electron chi connectivity index (χ0n) is 30.7. The van der Waals surface area contributed by atoms with Gasteiger partial charge in [0.05, 0.1) is 0 Å². The number of nitrogens with zero attached hydrogens (tertiary/aromatic N) is 1. The fourth-order valence-corrected chi connectivity index (χ4v) is 5.44. The van der Waals surface area contributed by atoms with Crippen molar-refractivity contribution in [2.75, 3.05) is 0 Å². The largest absolute Gasteiger partial charge is 0.458 e. The fraction of sp³-hybridized carbons (Fsp3) is 0.415. The molecule has 3 aromatic carbocycles. The first-order valence-corrected chi connectivity index (χ1v) is 16.8. The lowest BCUT2D eigenvalue weighted by Crippen LogP contribution is -2.60. The molecule has 9 nitrogen and oxygen atoms in total. The monoisotopic (exact) mass is 681 g/mol. The van der Waals surface area contributed by atoms with Crippen LogP contribution in [-0.2, 0) is 36.7 Å². The van der Waals surface area contributed by atoms with Crippen molar-refractivity contribution in [2.24, 2.45) is 0 Å². The van der Waals surface area contributed by atoms with E-state index in [-0.39, 0.29) is 12.8 Å². The van der Waals surface area contributed by atoms with Gasteiger partial charge >= 0.3 is 12.1 Å². The zero-order valence-corrected chi connectivity index (χ0v) is 30.7. The Labute approximate surface area is 297 Å². The van der Waals surface area contributed by atoms with Gasteiger partial charge in [-0.05, 0) is 85.1 Å². The first-order chi connectivity index (χ1) is 23.3. The number of amides is 3. The molecule has 2 N–H and O–H groups in total. The second-order valence-corrected chi connectivity index (χ2v) is 15.2.